The summed E-state index contributed by atoms with van der Waals surface area (Å²) in [7, 11) is 5.54. The van der Waals surface area contributed by atoms with Crippen LogP contribution in [0.4, 0.5) is 5.69 Å². The minimum atomic E-state index is -0.264. The van der Waals surface area contributed by atoms with E-state index in [4.69, 9.17) is 5.73 Å². The summed E-state index contributed by atoms with van der Waals surface area (Å²) in [5.74, 6) is 0.669. The summed E-state index contributed by atoms with van der Waals surface area (Å²) in [6, 6.07) is 10.3. The standard InChI is InChI=1S/C22H36N6O2/c1-26(2)21(30)16-25-22(28-14-7-9-18(17-28)15-20(23)29)24-12-8-13-27(3)19-10-5-4-6-11-19/h4-6,10-11,18H,7-9,12-17H2,1-3H3,(H2,23,29)(H,24,25). The van der Waals surface area contributed by atoms with Gasteiger partial charge in [0.25, 0.3) is 0 Å². The first-order valence-corrected chi connectivity index (χ1v) is 10.6. The number of nitrogens with one attached hydrogen (secondary N) is 1. The largest absolute Gasteiger partial charge is 0.375 e. The van der Waals surface area contributed by atoms with E-state index in [9.17, 15) is 9.59 Å². The number of hydrogen-bond acceptors (Lipinski definition) is 4. The van der Waals surface area contributed by atoms with Crippen LogP contribution in [0, 0.1) is 5.92 Å². The smallest absolute Gasteiger partial charge is 0.243 e. The third-order valence-electron chi connectivity index (χ3n) is 5.32. The van der Waals surface area contributed by atoms with Crippen LogP contribution in [0.3, 0.4) is 0 Å². The molecule has 1 heterocycles. The van der Waals surface area contributed by atoms with Crippen LogP contribution < -0.4 is 16.0 Å². The molecule has 0 spiro atoms. The zero-order valence-corrected chi connectivity index (χ0v) is 18.5. The molecule has 1 aliphatic heterocycles. The van der Waals surface area contributed by atoms with Crippen molar-refractivity contribution in [1.29, 1.82) is 0 Å². The Bertz CT molecular complexity index is 707. The van der Waals surface area contributed by atoms with Crippen LogP contribution in [0.25, 0.3) is 0 Å². The van der Waals surface area contributed by atoms with Gasteiger partial charge < -0.3 is 25.8 Å². The van der Waals surface area contributed by atoms with Crippen LogP contribution >= 0.6 is 0 Å². The van der Waals surface area contributed by atoms with Crippen molar-refractivity contribution in [2.24, 2.45) is 16.6 Å². The van der Waals surface area contributed by atoms with Gasteiger partial charge >= 0.3 is 0 Å². The van der Waals surface area contributed by atoms with E-state index >= 15 is 0 Å². The molecule has 8 nitrogen and oxygen atoms in total. The number of amides is 2. The lowest BCUT2D eigenvalue weighted by molar-refractivity contribution is -0.127. The molecular weight excluding hydrogens is 380 g/mol. The molecule has 2 amide bonds. The first-order chi connectivity index (χ1) is 14.4. The number of carbonyl (C=O) groups excluding carboxylic acids is 2. The van der Waals surface area contributed by atoms with Crippen LogP contribution in [0.1, 0.15) is 25.7 Å². The number of carbonyl (C=O) groups is 2. The van der Waals surface area contributed by atoms with Crippen LogP contribution in [-0.2, 0) is 9.59 Å². The van der Waals surface area contributed by atoms with Gasteiger partial charge in [-0.3, -0.25) is 9.59 Å². The number of guanidine groups is 1. The molecule has 1 unspecified atom stereocenters. The first kappa shape index (κ1) is 23.5. The van der Waals surface area contributed by atoms with Crippen LogP contribution in [0.5, 0.6) is 0 Å². The molecule has 1 atom stereocenters. The van der Waals surface area contributed by atoms with Gasteiger partial charge in [-0.2, -0.15) is 0 Å². The van der Waals surface area contributed by atoms with Crippen LogP contribution in [0.2, 0.25) is 0 Å². The summed E-state index contributed by atoms with van der Waals surface area (Å²) in [6.07, 6.45) is 3.30. The van der Waals surface area contributed by atoms with Gasteiger partial charge in [0.15, 0.2) is 5.96 Å². The second-order valence-electron chi connectivity index (χ2n) is 8.09. The number of anilines is 1. The van der Waals surface area contributed by atoms with Gasteiger partial charge in [-0.05, 0) is 37.3 Å². The number of hydrogen-bond donors (Lipinski definition) is 2. The molecule has 1 fully saturated rings. The van der Waals surface area contributed by atoms with Gasteiger partial charge in [-0.15, -0.1) is 0 Å². The molecule has 8 heteroatoms. The highest BCUT2D eigenvalue weighted by atomic mass is 16.2. The van der Waals surface area contributed by atoms with Crippen molar-refractivity contribution in [1.82, 2.24) is 15.1 Å². The molecule has 0 saturated carbocycles. The van der Waals surface area contributed by atoms with Crippen molar-refractivity contribution >= 4 is 23.5 Å². The Morgan fingerprint density at radius 1 is 1.23 bits per heavy atom. The lowest BCUT2D eigenvalue weighted by Gasteiger charge is -2.35. The molecular formula is C22H36N6O2. The van der Waals surface area contributed by atoms with Crippen molar-refractivity contribution < 1.29 is 9.59 Å². The number of aliphatic imine (C=N–C) groups is 1. The Morgan fingerprint density at radius 2 is 1.97 bits per heavy atom. The SMILES string of the molecule is CN(C)C(=O)CN=C(NCCCN(C)c1ccccc1)N1CCCC(CC(N)=O)C1. The molecule has 3 N–H and O–H groups in total. The summed E-state index contributed by atoms with van der Waals surface area (Å²) < 4.78 is 0. The van der Waals surface area contributed by atoms with Crippen LogP contribution in [-0.4, -0.2) is 81.4 Å². The third kappa shape index (κ3) is 7.93. The second-order valence-corrected chi connectivity index (χ2v) is 8.09. The molecule has 2 rings (SSSR count). The molecule has 1 saturated heterocycles. The van der Waals surface area contributed by atoms with E-state index in [1.165, 1.54) is 5.69 Å². The van der Waals surface area contributed by atoms with Crippen molar-refractivity contribution in [2.45, 2.75) is 25.7 Å². The van der Waals surface area contributed by atoms with Gasteiger partial charge in [0, 0.05) is 59.4 Å². The molecule has 0 radical (unpaired) electrons. The third-order valence-corrected chi connectivity index (χ3v) is 5.32. The second kappa shape index (κ2) is 12.0. The average molecular weight is 417 g/mol. The van der Waals surface area contributed by atoms with Crippen molar-refractivity contribution in [3.63, 3.8) is 0 Å². The molecule has 0 aliphatic carbocycles. The normalized spacial score (nSPS) is 16.8. The lowest BCUT2D eigenvalue weighted by atomic mass is 9.95. The van der Waals surface area contributed by atoms with Gasteiger partial charge in [-0.25, -0.2) is 4.99 Å². The monoisotopic (exact) mass is 416 g/mol. The van der Waals surface area contributed by atoms with Gasteiger partial charge in [0.05, 0.1) is 0 Å². The highest BCUT2D eigenvalue weighted by Gasteiger charge is 2.24. The minimum Gasteiger partial charge on any atom is -0.375 e. The minimum absolute atomic E-state index is 0.0381. The fourth-order valence-corrected chi connectivity index (χ4v) is 3.59. The molecule has 166 valence electrons. The van der Waals surface area contributed by atoms with E-state index in [1.54, 1.807) is 19.0 Å². The molecule has 1 aliphatic rings. The fraction of sp³-hybridized carbons (Fsp3) is 0.591. The topological polar surface area (TPSA) is 94.3 Å². The number of likely N-dealkylation sites (N-methyl/N-ethyl adjacent to an activating group) is 1. The van der Waals surface area contributed by atoms with E-state index in [1.807, 2.05) is 18.2 Å². The maximum atomic E-state index is 12.0. The maximum absolute atomic E-state index is 12.0. The zero-order chi connectivity index (χ0) is 21.9. The summed E-state index contributed by atoms with van der Waals surface area (Å²) in [5.41, 5.74) is 6.58. The van der Waals surface area contributed by atoms with Crippen LogP contribution in [0.15, 0.2) is 35.3 Å². The Hall–Kier alpha value is -2.77. The highest BCUT2D eigenvalue weighted by Crippen LogP contribution is 2.19. The Morgan fingerprint density at radius 3 is 2.63 bits per heavy atom. The summed E-state index contributed by atoms with van der Waals surface area (Å²) in [6.45, 7) is 3.36. The van der Waals surface area contributed by atoms with Gasteiger partial charge in [0.1, 0.15) is 6.54 Å². The van der Waals surface area contributed by atoms with Crippen molar-refractivity contribution in [3.8, 4) is 0 Å². The van der Waals surface area contributed by atoms with Crippen molar-refractivity contribution in [3.05, 3.63) is 30.3 Å². The first-order valence-electron chi connectivity index (χ1n) is 10.6. The van der Waals surface area contributed by atoms with E-state index in [0.29, 0.717) is 6.42 Å². The molecule has 1 aromatic carbocycles. The van der Waals surface area contributed by atoms with Gasteiger partial charge in [0.2, 0.25) is 11.8 Å². The lowest BCUT2D eigenvalue weighted by Crippen LogP contribution is -2.48. The van der Waals surface area contributed by atoms with E-state index in [-0.39, 0.29) is 24.3 Å². The average Bonchev–Trinajstić information content (AvgIpc) is 2.73. The molecule has 0 bridgehead atoms. The number of para-hydroxylation sites is 1. The number of nitrogens with two attached hydrogens (primary N) is 1. The predicted octanol–water partition coefficient (Wildman–Crippen LogP) is 1.13. The Kier molecular flexibility index (Phi) is 9.44. The zero-order valence-electron chi connectivity index (χ0n) is 18.5. The Labute approximate surface area is 180 Å². The van der Waals surface area contributed by atoms with E-state index in [0.717, 1.165) is 51.4 Å². The quantitative estimate of drug-likeness (QED) is 0.358. The number of likely N-dealkylation sites (tertiary alicyclic amines) is 1. The summed E-state index contributed by atoms with van der Waals surface area (Å²) >= 11 is 0. The Balaban J connectivity index is 1.93. The predicted molar refractivity (Wildman–Crippen MR) is 121 cm³/mol. The number of primary amides is 1. The van der Waals surface area contributed by atoms with E-state index < -0.39 is 0 Å². The van der Waals surface area contributed by atoms with E-state index in [2.05, 4.69) is 39.3 Å². The summed E-state index contributed by atoms with van der Waals surface area (Å²) in [4.78, 5) is 33.8. The highest BCUT2D eigenvalue weighted by molar-refractivity contribution is 5.85. The number of nitrogens with zero attached hydrogens (tertiary/aromatic N) is 4. The number of benzene rings is 1. The van der Waals surface area contributed by atoms with Crippen molar-refractivity contribution in [2.75, 3.05) is 58.8 Å². The number of rotatable bonds is 9. The number of piperidine rings is 1. The molecule has 30 heavy (non-hydrogen) atoms. The molecule has 1 aromatic rings. The van der Waals surface area contributed by atoms with Gasteiger partial charge in [-0.1, -0.05) is 18.2 Å². The fourth-order valence-electron chi connectivity index (χ4n) is 3.59. The molecule has 0 aromatic heterocycles. The summed E-state index contributed by atoms with van der Waals surface area (Å²) in [5, 5.41) is 3.43. The maximum Gasteiger partial charge on any atom is 0.243 e.